The molecule has 5 heteroatoms. The highest BCUT2D eigenvalue weighted by Crippen LogP contribution is 2.18. The summed E-state index contributed by atoms with van der Waals surface area (Å²) < 4.78 is 0. The monoisotopic (exact) mass is 217 g/mol. The smallest absolute Gasteiger partial charge is 0.221 e. The maximum Gasteiger partial charge on any atom is 0.221 e. The summed E-state index contributed by atoms with van der Waals surface area (Å²) in [4.78, 5) is 5.62. The van der Waals surface area contributed by atoms with Crippen LogP contribution >= 0.6 is 0 Å². The molecular formula is C11H15N5. The number of hydrogen-bond acceptors (Lipinski definition) is 1. The van der Waals surface area contributed by atoms with Crippen LogP contribution in [0.2, 0.25) is 0 Å². The summed E-state index contributed by atoms with van der Waals surface area (Å²) >= 11 is 0. The molecular weight excluding hydrogens is 202 g/mol. The van der Waals surface area contributed by atoms with Crippen molar-refractivity contribution in [3.8, 4) is 0 Å². The molecule has 84 valence electrons. The Morgan fingerprint density at radius 1 is 1.25 bits per heavy atom. The highest BCUT2D eigenvalue weighted by molar-refractivity contribution is 5.91. The number of rotatable bonds is 0. The van der Waals surface area contributed by atoms with E-state index in [2.05, 4.69) is 17.1 Å². The Morgan fingerprint density at radius 3 is 2.62 bits per heavy atom. The van der Waals surface area contributed by atoms with E-state index in [1.165, 1.54) is 11.1 Å². The third kappa shape index (κ3) is 2.13. The van der Waals surface area contributed by atoms with Crippen molar-refractivity contribution in [3.63, 3.8) is 0 Å². The highest BCUT2D eigenvalue weighted by atomic mass is 15.3. The molecule has 0 atom stereocenters. The van der Waals surface area contributed by atoms with Gasteiger partial charge in [-0.05, 0) is 17.5 Å². The number of nitrogens with one attached hydrogen (secondary N) is 1. The van der Waals surface area contributed by atoms with Crippen LogP contribution in [0.25, 0.3) is 0 Å². The summed E-state index contributed by atoms with van der Waals surface area (Å²) in [6.45, 7) is 1.48. The van der Waals surface area contributed by atoms with Gasteiger partial charge in [0.05, 0.1) is 0 Å². The highest BCUT2D eigenvalue weighted by Gasteiger charge is 2.17. The SMILES string of the molecule is N=C(N=C(N)N)N1CCc2ccccc2C1. The lowest BCUT2D eigenvalue weighted by Gasteiger charge is -2.28. The first-order chi connectivity index (χ1) is 7.66. The lowest BCUT2D eigenvalue weighted by Crippen LogP contribution is -2.36. The van der Waals surface area contributed by atoms with Crippen molar-refractivity contribution in [2.45, 2.75) is 13.0 Å². The second-order valence-corrected chi connectivity index (χ2v) is 3.80. The molecule has 1 aliphatic rings. The molecule has 0 bridgehead atoms. The van der Waals surface area contributed by atoms with Gasteiger partial charge in [0.15, 0.2) is 5.96 Å². The molecule has 0 fully saturated rings. The van der Waals surface area contributed by atoms with E-state index in [-0.39, 0.29) is 11.9 Å². The second kappa shape index (κ2) is 4.22. The van der Waals surface area contributed by atoms with Gasteiger partial charge >= 0.3 is 0 Å². The summed E-state index contributed by atoms with van der Waals surface area (Å²) in [6.07, 6.45) is 0.929. The van der Waals surface area contributed by atoms with E-state index in [0.717, 1.165) is 13.0 Å². The molecule has 1 aliphatic heterocycles. The Kier molecular flexibility index (Phi) is 2.76. The van der Waals surface area contributed by atoms with Crippen LogP contribution in [0.1, 0.15) is 11.1 Å². The topological polar surface area (TPSA) is 91.5 Å². The minimum absolute atomic E-state index is 0.0659. The van der Waals surface area contributed by atoms with E-state index >= 15 is 0 Å². The van der Waals surface area contributed by atoms with Crippen molar-refractivity contribution in [3.05, 3.63) is 35.4 Å². The van der Waals surface area contributed by atoms with E-state index < -0.39 is 0 Å². The zero-order valence-corrected chi connectivity index (χ0v) is 8.98. The first kappa shape index (κ1) is 10.5. The average molecular weight is 217 g/mol. The van der Waals surface area contributed by atoms with Crippen molar-refractivity contribution < 1.29 is 0 Å². The molecule has 0 aliphatic carbocycles. The minimum Gasteiger partial charge on any atom is -0.370 e. The minimum atomic E-state index is -0.0659. The number of guanidine groups is 2. The van der Waals surface area contributed by atoms with Crippen molar-refractivity contribution in [1.82, 2.24) is 4.90 Å². The molecule has 16 heavy (non-hydrogen) atoms. The molecule has 0 aromatic heterocycles. The van der Waals surface area contributed by atoms with Gasteiger partial charge in [0, 0.05) is 13.1 Å². The summed E-state index contributed by atoms with van der Waals surface area (Å²) in [5, 5.41) is 7.73. The van der Waals surface area contributed by atoms with Crippen molar-refractivity contribution >= 4 is 11.9 Å². The molecule has 0 saturated carbocycles. The maximum absolute atomic E-state index is 7.73. The fourth-order valence-electron chi connectivity index (χ4n) is 1.87. The Balaban J connectivity index is 2.14. The van der Waals surface area contributed by atoms with E-state index in [1.54, 1.807) is 0 Å². The standard InChI is InChI=1S/C11H15N5/c12-10(13)15-11(14)16-6-5-8-3-1-2-4-9(8)7-16/h1-4H,5-7H2,(H5,12,13,14,15). The molecule has 1 heterocycles. The number of hydrogen-bond donors (Lipinski definition) is 3. The summed E-state index contributed by atoms with van der Waals surface area (Å²) in [5.74, 6) is 0.0679. The molecule has 0 saturated heterocycles. The molecule has 1 aromatic rings. The largest absolute Gasteiger partial charge is 0.370 e. The Morgan fingerprint density at radius 2 is 1.94 bits per heavy atom. The zero-order chi connectivity index (χ0) is 11.5. The third-order valence-corrected chi connectivity index (χ3v) is 2.67. The molecule has 0 spiro atoms. The Hall–Kier alpha value is -2.04. The van der Waals surface area contributed by atoms with Gasteiger partial charge in [-0.1, -0.05) is 24.3 Å². The quantitative estimate of drug-likeness (QED) is 0.430. The van der Waals surface area contributed by atoms with E-state index in [1.807, 2.05) is 17.0 Å². The predicted octanol–water partition coefficient (Wildman–Crippen LogP) is 0.253. The second-order valence-electron chi connectivity index (χ2n) is 3.80. The lowest BCUT2D eigenvalue weighted by molar-refractivity contribution is 0.387. The van der Waals surface area contributed by atoms with Gasteiger partial charge in [0.25, 0.3) is 0 Å². The van der Waals surface area contributed by atoms with Crippen LogP contribution in [-0.4, -0.2) is 23.4 Å². The summed E-state index contributed by atoms with van der Waals surface area (Å²) in [7, 11) is 0. The first-order valence-corrected chi connectivity index (χ1v) is 5.17. The van der Waals surface area contributed by atoms with Crippen LogP contribution in [0.3, 0.4) is 0 Å². The molecule has 0 amide bonds. The normalized spacial score (nSPS) is 14.1. The lowest BCUT2D eigenvalue weighted by atomic mass is 10.0. The number of nitrogens with two attached hydrogens (primary N) is 2. The molecule has 1 aromatic carbocycles. The summed E-state index contributed by atoms with van der Waals surface area (Å²) in [6, 6.07) is 8.24. The van der Waals surface area contributed by atoms with Crippen LogP contribution in [0.15, 0.2) is 29.3 Å². The Labute approximate surface area is 94.3 Å². The van der Waals surface area contributed by atoms with E-state index in [9.17, 15) is 0 Å². The van der Waals surface area contributed by atoms with Gasteiger partial charge < -0.3 is 16.4 Å². The summed E-state index contributed by atoms with van der Waals surface area (Å²) in [5.41, 5.74) is 13.1. The molecule has 5 nitrogen and oxygen atoms in total. The molecule has 0 radical (unpaired) electrons. The number of benzene rings is 1. The number of nitrogens with zero attached hydrogens (tertiary/aromatic N) is 2. The fourth-order valence-corrected chi connectivity index (χ4v) is 1.87. The first-order valence-electron chi connectivity index (χ1n) is 5.17. The van der Waals surface area contributed by atoms with Gasteiger partial charge in [-0.15, -0.1) is 0 Å². The zero-order valence-electron chi connectivity index (χ0n) is 8.98. The maximum atomic E-state index is 7.73. The van der Waals surface area contributed by atoms with E-state index in [0.29, 0.717) is 6.54 Å². The van der Waals surface area contributed by atoms with Gasteiger partial charge in [-0.2, -0.15) is 4.99 Å². The van der Waals surface area contributed by atoms with E-state index in [4.69, 9.17) is 16.9 Å². The predicted molar refractivity (Wildman–Crippen MR) is 64.1 cm³/mol. The number of fused-ring (bicyclic) bond motifs is 1. The van der Waals surface area contributed by atoms with Gasteiger partial charge in [-0.3, -0.25) is 5.41 Å². The molecule has 2 rings (SSSR count). The van der Waals surface area contributed by atoms with Crippen molar-refractivity contribution in [2.75, 3.05) is 6.54 Å². The van der Waals surface area contributed by atoms with Gasteiger partial charge in [-0.25, -0.2) is 0 Å². The van der Waals surface area contributed by atoms with Gasteiger partial charge in [0.2, 0.25) is 5.96 Å². The number of aliphatic imine (C=N–C) groups is 1. The molecule has 0 unspecified atom stereocenters. The van der Waals surface area contributed by atoms with Crippen molar-refractivity contribution in [1.29, 1.82) is 5.41 Å². The third-order valence-electron chi connectivity index (χ3n) is 2.67. The van der Waals surface area contributed by atoms with Gasteiger partial charge in [0.1, 0.15) is 0 Å². The fraction of sp³-hybridized carbons (Fsp3) is 0.273. The van der Waals surface area contributed by atoms with Crippen molar-refractivity contribution in [2.24, 2.45) is 16.5 Å². The molecule has 5 N–H and O–H groups in total. The Bertz CT molecular complexity index is 434. The van der Waals surface area contributed by atoms with Crippen LogP contribution in [-0.2, 0) is 13.0 Å². The van der Waals surface area contributed by atoms with Crippen LogP contribution < -0.4 is 11.5 Å². The van der Waals surface area contributed by atoms with Crippen LogP contribution in [0, 0.1) is 5.41 Å². The van der Waals surface area contributed by atoms with Crippen LogP contribution in [0.4, 0.5) is 0 Å². The van der Waals surface area contributed by atoms with Crippen LogP contribution in [0.5, 0.6) is 0 Å². The average Bonchev–Trinajstić information content (AvgIpc) is 2.27.